The van der Waals surface area contributed by atoms with E-state index >= 15 is 0 Å². The van der Waals surface area contributed by atoms with Gasteiger partial charge in [-0.1, -0.05) is 26.3 Å². The van der Waals surface area contributed by atoms with Crippen LogP contribution in [-0.2, 0) is 20.7 Å². The fourth-order valence-electron chi connectivity index (χ4n) is 5.66. The van der Waals surface area contributed by atoms with Crippen LogP contribution in [0.2, 0.25) is 0 Å². The van der Waals surface area contributed by atoms with E-state index in [1.54, 1.807) is 38.4 Å². The SMILES string of the molecule is CC[C@@H](C)[C@H](Nc1ccc2c(cc1=O)[C@@H](NC(C)=O)CCc1cc(OC)c(OC)c(OC)c1-2)C(=O)N1CCOCC1. The van der Waals surface area contributed by atoms with E-state index in [9.17, 15) is 14.4 Å². The zero-order valence-corrected chi connectivity index (χ0v) is 24.8. The molecule has 0 saturated carbocycles. The monoisotopic (exact) mass is 567 g/mol. The minimum atomic E-state index is -0.578. The smallest absolute Gasteiger partial charge is 0.245 e. The Morgan fingerprint density at radius 3 is 2.39 bits per heavy atom. The van der Waals surface area contributed by atoms with Crippen molar-refractivity contribution in [3.05, 3.63) is 45.6 Å². The Kier molecular flexibility index (Phi) is 9.75. The van der Waals surface area contributed by atoms with Crippen molar-refractivity contribution in [2.24, 2.45) is 5.92 Å². The second-order valence-electron chi connectivity index (χ2n) is 10.5. The number of aryl methyl sites for hydroxylation is 1. The van der Waals surface area contributed by atoms with Crippen LogP contribution in [-0.4, -0.2) is 70.4 Å². The molecular weight excluding hydrogens is 526 g/mol. The Labute approximate surface area is 241 Å². The molecule has 0 aromatic heterocycles. The number of carbonyl (C=O) groups excluding carboxylic acids is 2. The Morgan fingerprint density at radius 1 is 1.07 bits per heavy atom. The summed E-state index contributed by atoms with van der Waals surface area (Å²) in [5.41, 5.74) is 3.17. The van der Waals surface area contributed by atoms with Gasteiger partial charge in [0.05, 0.1) is 46.3 Å². The van der Waals surface area contributed by atoms with E-state index in [4.69, 9.17) is 18.9 Å². The van der Waals surface area contributed by atoms with Crippen LogP contribution in [0.25, 0.3) is 11.1 Å². The van der Waals surface area contributed by atoms with Crippen molar-refractivity contribution in [3.63, 3.8) is 0 Å². The molecule has 2 amide bonds. The second-order valence-corrected chi connectivity index (χ2v) is 10.5. The summed E-state index contributed by atoms with van der Waals surface area (Å²) < 4.78 is 22.6. The number of benzene rings is 1. The van der Waals surface area contributed by atoms with Crippen LogP contribution in [0.5, 0.6) is 17.2 Å². The number of hydrogen-bond donors (Lipinski definition) is 2. The van der Waals surface area contributed by atoms with E-state index in [1.807, 2.05) is 26.0 Å². The Bertz CT molecular complexity index is 1340. The first-order valence-corrected chi connectivity index (χ1v) is 14.1. The van der Waals surface area contributed by atoms with E-state index < -0.39 is 12.1 Å². The summed E-state index contributed by atoms with van der Waals surface area (Å²) in [6.07, 6.45) is 1.93. The summed E-state index contributed by atoms with van der Waals surface area (Å²) in [5, 5.41) is 6.32. The van der Waals surface area contributed by atoms with Crippen LogP contribution in [0.4, 0.5) is 5.69 Å². The fourth-order valence-corrected chi connectivity index (χ4v) is 5.66. The highest BCUT2D eigenvalue weighted by Crippen LogP contribution is 2.50. The third-order valence-corrected chi connectivity index (χ3v) is 8.03. The molecule has 0 bridgehead atoms. The van der Waals surface area contributed by atoms with Crippen molar-refractivity contribution in [2.75, 3.05) is 52.9 Å². The molecule has 4 rings (SSSR count). The lowest BCUT2D eigenvalue weighted by Crippen LogP contribution is -2.50. The summed E-state index contributed by atoms with van der Waals surface area (Å²) >= 11 is 0. The maximum Gasteiger partial charge on any atom is 0.245 e. The number of morpholine rings is 1. The van der Waals surface area contributed by atoms with Gasteiger partial charge in [-0.2, -0.15) is 0 Å². The Hall–Kier alpha value is -3.79. The van der Waals surface area contributed by atoms with Gasteiger partial charge in [-0.3, -0.25) is 14.4 Å². The van der Waals surface area contributed by atoms with Crippen molar-refractivity contribution in [1.29, 1.82) is 0 Å². The molecule has 1 aliphatic carbocycles. The molecule has 3 atom stereocenters. The van der Waals surface area contributed by atoms with E-state index in [1.165, 1.54) is 6.92 Å². The minimum absolute atomic E-state index is 0.0160. The highest BCUT2D eigenvalue weighted by atomic mass is 16.5. The van der Waals surface area contributed by atoms with E-state index in [0.29, 0.717) is 67.6 Å². The van der Waals surface area contributed by atoms with Gasteiger partial charge in [0.15, 0.2) is 11.5 Å². The average Bonchev–Trinajstić information content (AvgIpc) is 3.22. The maximum absolute atomic E-state index is 13.8. The van der Waals surface area contributed by atoms with Crippen molar-refractivity contribution in [2.45, 2.75) is 52.1 Å². The molecule has 2 aromatic rings. The molecule has 0 radical (unpaired) electrons. The first kappa shape index (κ1) is 30.2. The number of hydrogen-bond acceptors (Lipinski definition) is 8. The molecule has 2 aromatic carbocycles. The number of nitrogens with zero attached hydrogens (tertiary/aromatic N) is 1. The van der Waals surface area contributed by atoms with Gasteiger partial charge < -0.3 is 34.5 Å². The third-order valence-electron chi connectivity index (χ3n) is 8.03. The fraction of sp³-hybridized carbons (Fsp3) is 0.516. The number of fused-ring (bicyclic) bond motifs is 3. The van der Waals surface area contributed by atoms with Crippen molar-refractivity contribution < 1.29 is 28.5 Å². The molecule has 0 spiro atoms. The van der Waals surface area contributed by atoms with Gasteiger partial charge in [0, 0.05) is 25.6 Å². The summed E-state index contributed by atoms with van der Waals surface area (Å²) in [6, 6.07) is 6.07. The number of nitrogens with one attached hydrogen (secondary N) is 2. The van der Waals surface area contributed by atoms with Crippen LogP contribution in [0, 0.1) is 5.92 Å². The van der Waals surface area contributed by atoms with Gasteiger partial charge in [-0.05, 0) is 53.6 Å². The molecule has 0 unspecified atom stereocenters. The van der Waals surface area contributed by atoms with E-state index in [0.717, 1.165) is 23.1 Å². The molecule has 1 aliphatic heterocycles. The van der Waals surface area contributed by atoms with Gasteiger partial charge in [0.25, 0.3) is 0 Å². The van der Waals surface area contributed by atoms with Crippen molar-refractivity contribution in [1.82, 2.24) is 10.2 Å². The summed E-state index contributed by atoms with van der Waals surface area (Å²) in [7, 11) is 4.69. The lowest BCUT2D eigenvalue weighted by molar-refractivity contribution is -0.137. The molecular formula is C31H41N3O7. The number of amides is 2. The molecule has 1 saturated heterocycles. The standard InChI is InChI=1S/C31H41N3O7/c1-7-18(2)28(31(37)34-12-14-41-15-13-34)33-24-11-9-21-22(17-25(24)36)23(32-19(3)35)10-8-20-16-26(38-4)29(39-5)30(40-6)27(20)21/h9,11,16-18,23,28H,7-8,10,12-15H2,1-6H3,(H,32,35)(H,33,36)/t18-,23+,28+/m1/s1. The summed E-state index contributed by atoms with van der Waals surface area (Å²) in [5.74, 6) is 1.21. The van der Waals surface area contributed by atoms with Gasteiger partial charge in [-0.15, -0.1) is 0 Å². The highest BCUT2D eigenvalue weighted by molar-refractivity contribution is 5.86. The molecule has 41 heavy (non-hydrogen) atoms. The zero-order valence-electron chi connectivity index (χ0n) is 24.8. The third kappa shape index (κ3) is 6.27. The second kappa shape index (κ2) is 13.2. The Balaban J connectivity index is 1.88. The minimum Gasteiger partial charge on any atom is -0.493 e. The molecule has 2 aliphatic rings. The van der Waals surface area contributed by atoms with Crippen molar-refractivity contribution in [3.8, 4) is 28.4 Å². The lowest BCUT2D eigenvalue weighted by atomic mass is 9.95. The topological polar surface area (TPSA) is 115 Å². The number of carbonyl (C=O) groups is 2. The number of methoxy groups -OCH3 is 3. The molecule has 1 heterocycles. The largest absolute Gasteiger partial charge is 0.493 e. The first-order chi connectivity index (χ1) is 19.7. The molecule has 10 nitrogen and oxygen atoms in total. The van der Waals surface area contributed by atoms with Gasteiger partial charge in [-0.25, -0.2) is 0 Å². The molecule has 10 heteroatoms. The maximum atomic E-state index is 13.8. The van der Waals surface area contributed by atoms with Crippen LogP contribution >= 0.6 is 0 Å². The van der Waals surface area contributed by atoms with Crippen molar-refractivity contribution >= 4 is 17.5 Å². The molecule has 1 fully saturated rings. The molecule has 222 valence electrons. The first-order valence-electron chi connectivity index (χ1n) is 14.1. The predicted molar refractivity (Wildman–Crippen MR) is 157 cm³/mol. The van der Waals surface area contributed by atoms with Crippen LogP contribution < -0.4 is 30.3 Å². The lowest BCUT2D eigenvalue weighted by Gasteiger charge is -2.33. The van der Waals surface area contributed by atoms with E-state index in [-0.39, 0.29) is 23.2 Å². The average molecular weight is 568 g/mol. The highest BCUT2D eigenvalue weighted by Gasteiger charge is 2.32. The zero-order chi connectivity index (χ0) is 29.7. The predicted octanol–water partition coefficient (Wildman–Crippen LogP) is 3.55. The number of anilines is 1. The van der Waals surface area contributed by atoms with Gasteiger partial charge >= 0.3 is 0 Å². The summed E-state index contributed by atoms with van der Waals surface area (Å²) in [4.78, 5) is 41.4. The van der Waals surface area contributed by atoms with Gasteiger partial charge in [0.2, 0.25) is 23.0 Å². The van der Waals surface area contributed by atoms with E-state index in [2.05, 4.69) is 10.6 Å². The van der Waals surface area contributed by atoms with Crippen LogP contribution in [0.15, 0.2) is 29.1 Å². The quantitative estimate of drug-likeness (QED) is 0.473. The summed E-state index contributed by atoms with van der Waals surface area (Å²) in [6.45, 7) is 7.54. The number of ether oxygens (including phenoxy) is 4. The normalized spacial score (nSPS) is 17.7. The molecule has 2 N–H and O–H groups in total. The Morgan fingerprint density at radius 2 is 1.78 bits per heavy atom. The van der Waals surface area contributed by atoms with Crippen LogP contribution in [0.1, 0.15) is 50.8 Å². The number of rotatable bonds is 9. The van der Waals surface area contributed by atoms with Gasteiger partial charge in [0.1, 0.15) is 6.04 Å². The van der Waals surface area contributed by atoms with Crippen LogP contribution in [0.3, 0.4) is 0 Å².